The van der Waals surface area contributed by atoms with Gasteiger partial charge in [-0.3, -0.25) is 29.4 Å². The Morgan fingerprint density at radius 3 is 2.46 bits per heavy atom. The lowest BCUT2D eigenvalue weighted by Crippen LogP contribution is -2.36. The lowest BCUT2D eigenvalue weighted by atomic mass is 10.2. The third-order valence-corrected chi connectivity index (χ3v) is 6.79. The first-order valence-electron chi connectivity index (χ1n) is 11.2. The van der Waals surface area contributed by atoms with E-state index in [1.165, 1.54) is 25.3 Å². The summed E-state index contributed by atoms with van der Waals surface area (Å²) < 4.78 is 7.20. The summed E-state index contributed by atoms with van der Waals surface area (Å²) in [6.45, 7) is 5.15. The lowest BCUT2D eigenvalue weighted by Gasteiger charge is -2.14. The molecule has 1 N–H and O–H groups in total. The molecular formula is C26H24N4O6S. The number of hydrogen-bond donors (Lipinski definition) is 1. The van der Waals surface area contributed by atoms with Crippen molar-refractivity contribution in [3.05, 3.63) is 86.1 Å². The van der Waals surface area contributed by atoms with E-state index in [1.807, 2.05) is 32.0 Å². The number of carbonyl (C=O) groups excluding carboxylic acids is 3. The van der Waals surface area contributed by atoms with E-state index in [9.17, 15) is 24.5 Å². The molecule has 0 atom stereocenters. The number of nitrogens with one attached hydrogen (secondary N) is 1. The topological polar surface area (TPSA) is 124 Å². The number of non-ortho nitro benzene ring substituents is 1. The quantitative estimate of drug-likeness (QED) is 0.264. The number of nitro groups is 1. The van der Waals surface area contributed by atoms with E-state index in [0.29, 0.717) is 28.4 Å². The Hall–Kier alpha value is -4.38. The van der Waals surface area contributed by atoms with E-state index in [-0.39, 0.29) is 10.6 Å². The minimum atomic E-state index is -0.563. The molecule has 0 saturated carbocycles. The van der Waals surface area contributed by atoms with Crippen molar-refractivity contribution in [2.75, 3.05) is 19.0 Å². The molecule has 10 nitrogen and oxygen atoms in total. The molecule has 0 unspecified atom stereocenters. The van der Waals surface area contributed by atoms with Gasteiger partial charge in [-0.1, -0.05) is 17.7 Å². The molecule has 1 saturated heterocycles. The fraction of sp³-hybridized carbons (Fsp3) is 0.192. The first-order valence-corrected chi connectivity index (χ1v) is 12.0. The van der Waals surface area contributed by atoms with Crippen LogP contribution in [-0.2, 0) is 9.59 Å². The Bertz CT molecular complexity index is 1460. The van der Waals surface area contributed by atoms with Gasteiger partial charge in [0.1, 0.15) is 12.3 Å². The Morgan fingerprint density at radius 2 is 1.81 bits per heavy atom. The molecular weight excluding hydrogens is 496 g/mol. The molecule has 3 aromatic rings. The van der Waals surface area contributed by atoms with E-state index < -0.39 is 28.5 Å². The maximum absolute atomic E-state index is 13.0. The zero-order valence-corrected chi connectivity index (χ0v) is 21.4. The summed E-state index contributed by atoms with van der Waals surface area (Å²) in [7, 11) is 1.48. The van der Waals surface area contributed by atoms with Crippen LogP contribution in [0.4, 0.5) is 16.2 Å². The number of aryl methyl sites for hydroxylation is 2. The Kier molecular flexibility index (Phi) is 7.16. The molecule has 0 bridgehead atoms. The summed E-state index contributed by atoms with van der Waals surface area (Å²) in [5, 5.41) is 13.5. The van der Waals surface area contributed by atoms with Gasteiger partial charge in [0.05, 0.1) is 22.6 Å². The second kappa shape index (κ2) is 10.3. The normalized spacial score (nSPS) is 14.4. The van der Waals surface area contributed by atoms with E-state index in [2.05, 4.69) is 5.32 Å². The van der Waals surface area contributed by atoms with Crippen molar-refractivity contribution in [2.45, 2.75) is 20.8 Å². The Morgan fingerprint density at radius 1 is 1.11 bits per heavy atom. The molecule has 2 heterocycles. The third-order valence-electron chi connectivity index (χ3n) is 5.88. The number of thioether (sulfide) groups is 1. The number of anilines is 1. The standard InChI is InChI=1S/C26H24N4O6S/c1-15-5-7-19(8-6-15)27-24(31)14-28-25(32)23(37-26(28)33)12-18-11-16(2)29(17(18)3)21-13-20(30(34)35)9-10-22(21)36-4/h5-13H,14H2,1-4H3,(H,27,31). The smallest absolute Gasteiger partial charge is 0.294 e. The van der Waals surface area contributed by atoms with Crippen LogP contribution in [0.1, 0.15) is 22.5 Å². The van der Waals surface area contributed by atoms with Gasteiger partial charge in [0.25, 0.3) is 16.8 Å². The van der Waals surface area contributed by atoms with Crippen molar-refractivity contribution >= 4 is 46.3 Å². The molecule has 1 aromatic heterocycles. The lowest BCUT2D eigenvalue weighted by molar-refractivity contribution is -0.384. The van der Waals surface area contributed by atoms with Crippen LogP contribution in [0.3, 0.4) is 0 Å². The SMILES string of the molecule is COc1ccc([N+](=O)[O-])cc1-n1c(C)cc(C=C2SC(=O)N(CC(=O)Nc3ccc(C)cc3)C2=O)c1C. The van der Waals surface area contributed by atoms with Crippen molar-refractivity contribution in [3.63, 3.8) is 0 Å². The van der Waals surface area contributed by atoms with Gasteiger partial charge in [0.15, 0.2) is 0 Å². The van der Waals surface area contributed by atoms with Gasteiger partial charge in [-0.15, -0.1) is 0 Å². The number of nitro benzene ring substituents is 1. The summed E-state index contributed by atoms with van der Waals surface area (Å²) in [5.74, 6) is -0.603. The van der Waals surface area contributed by atoms with Gasteiger partial charge in [-0.25, -0.2) is 0 Å². The molecule has 11 heteroatoms. The summed E-state index contributed by atoms with van der Waals surface area (Å²) in [4.78, 5) is 49.9. The maximum atomic E-state index is 13.0. The second-order valence-corrected chi connectivity index (χ2v) is 9.45. The average molecular weight is 521 g/mol. The van der Waals surface area contributed by atoms with Crippen molar-refractivity contribution in [3.8, 4) is 11.4 Å². The van der Waals surface area contributed by atoms with Gasteiger partial charge >= 0.3 is 0 Å². The second-order valence-electron chi connectivity index (χ2n) is 8.46. The third kappa shape index (κ3) is 5.26. The molecule has 4 rings (SSSR count). The Balaban J connectivity index is 1.58. The highest BCUT2D eigenvalue weighted by atomic mass is 32.2. The monoisotopic (exact) mass is 520 g/mol. The van der Waals surface area contributed by atoms with Crippen molar-refractivity contribution < 1.29 is 24.0 Å². The first kappa shape index (κ1) is 25.7. The van der Waals surface area contributed by atoms with Crippen LogP contribution in [0.2, 0.25) is 0 Å². The molecule has 2 aromatic carbocycles. The number of rotatable bonds is 7. The van der Waals surface area contributed by atoms with Crippen LogP contribution in [0, 0.1) is 30.9 Å². The van der Waals surface area contributed by atoms with Crippen molar-refractivity contribution in [1.29, 1.82) is 0 Å². The zero-order valence-electron chi connectivity index (χ0n) is 20.6. The average Bonchev–Trinajstić information content (AvgIpc) is 3.28. The molecule has 37 heavy (non-hydrogen) atoms. The number of methoxy groups -OCH3 is 1. The van der Waals surface area contributed by atoms with Crippen LogP contribution >= 0.6 is 11.8 Å². The fourth-order valence-corrected chi connectivity index (χ4v) is 4.86. The van der Waals surface area contributed by atoms with E-state index in [1.54, 1.807) is 29.7 Å². The van der Waals surface area contributed by atoms with Gasteiger partial charge < -0.3 is 14.6 Å². The molecule has 3 amide bonds. The molecule has 0 radical (unpaired) electrons. The highest BCUT2D eigenvalue weighted by molar-refractivity contribution is 8.18. The molecule has 1 aliphatic heterocycles. The largest absolute Gasteiger partial charge is 0.495 e. The summed E-state index contributed by atoms with van der Waals surface area (Å²) in [6.07, 6.45) is 1.59. The number of benzene rings is 2. The molecule has 190 valence electrons. The van der Waals surface area contributed by atoms with Crippen LogP contribution in [0.5, 0.6) is 5.75 Å². The van der Waals surface area contributed by atoms with Gasteiger partial charge in [0, 0.05) is 29.2 Å². The van der Waals surface area contributed by atoms with E-state index in [0.717, 1.165) is 27.9 Å². The fourth-order valence-electron chi connectivity index (χ4n) is 4.03. The van der Waals surface area contributed by atoms with E-state index >= 15 is 0 Å². The van der Waals surface area contributed by atoms with Crippen LogP contribution in [0.15, 0.2) is 53.4 Å². The van der Waals surface area contributed by atoms with Crippen molar-refractivity contribution in [2.24, 2.45) is 0 Å². The predicted molar refractivity (Wildman–Crippen MR) is 141 cm³/mol. The summed E-state index contributed by atoms with van der Waals surface area (Å²) >= 11 is 0.756. The zero-order chi connectivity index (χ0) is 26.9. The summed E-state index contributed by atoms with van der Waals surface area (Å²) in [5.41, 5.74) is 4.10. The maximum Gasteiger partial charge on any atom is 0.294 e. The van der Waals surface area contributed by atoms with E-state index in [4.69, 9.17) is 4.74 Å². The summed E-state index contributed by atoms with van der Waals surface area (Å²) in [6, 6.07) is 13.3. The highest BCUT2D eigenvalue weighted by Gasteiger charge is 2.36. The van der Waals surface area contributed by atoms with Crippen LogP contribution < -0.4 is 10.1 Å². The number of aromatic nitrogens is 1. The first-order chi connectivity index (χ1) is 17.6. The van der Waals surface area contributed by atoms with Crippen molar-refractivity contribution in [1.82, 2.24) is 9.47 Å². The molecule has 1 aliphatic rings. The van der Waals surface area contributed by atoms with Gasteiger partial charge in [-0.05, 0) is 68.4 Å². The van der Waals surface area contributed by atoms with Gasteiger partial charge in [-0.2, -0.15) is 0 Å². The predicted octanol–water partition coefficient (Wildman–Crippen LogP) is 4.99. The molecule has 0 aliphatic carbocycles. The van der Waals surface area contributed by atoms with Gasteiger partial charge in [0.2, 0.25) is 5.91 Å². The molecule has 1 fully saturated rings. The number of hydrogen-bond acceptors (Lipinski definition) is 7. The number of imide groups is 1. The van der Waals surface area contributed by atoms with Crippen LogP contribution in [-0.4, -0.2) is 45.1 Å². The highest BCUT2D eigenvalue weighted by Crippen LogP contribution is 2.35. The minimum absolute atomic E-state index is 0.0881. The number of amides is 3. The number of nitrogens with zero attached hydrogens (tertiary/aromatic N) is 3. The number of ether oxygens (including phenoxy) is 1. The Labute approximate surface area is 217 Å². The molecule has 0 spiro atoms. The van der Waals surface area contributed by atoms with Crippen LogP contribution in [0.25, 0.3) is 11.8 Å². The number of carbonyl (C=O) groups is 3. The minimum Gasteiger partial charge on any atom is -0.495 e.